The number of anilines is 1. The first kappa shape index (κ1) is 24.7. The van der Waals surface area contributed by atoms with Crippen molar-refractivity contribution in [3.05, 3.63) is 11.6 Å². The van der Waals surface area contributed by atoms with Crippen molar-refractivity contribution in [3.63, 3.8) is 0 Å². The molecule has 16 heteroatoms. The lowest BCUT2D eigenvalue weighted by molar-refractivity contribution is -0.166. The van der Waals surface area contributed by atoms with E-state index in [9.17, 15) is 29.4 Å². The highest BCUT2D eigenvalue weighted by atomic mass is 35.5. The molecule has 178 valence electrons. The van der Waals surface area contributed by atoms with E-state index in [1.807, 2.05) is 0 Å². The number of nitrogens with zero attached hydrogens (tertiary/aromatic N) is 4. The highest BCUT2D eigenvalue weighted by Gasteiger charge is 2.47. The number of halogens is 1. The van der Waals surface area contributed by atoms with Crippen LogP contribution in [0.1, 0.15) is 27.0 Å². The first-order valence-corrected chi connectivity index (χ1v) is 11.3. The first-order chi connectivity index (χ1) is 14.7. The maximum Gasteiger partial charge on any atom is 0.365 e. The van der Waals surface area contributed by atoms with Crippen LogP contribution in [0.3, 0.4) is 0 Å². The van der Waals surface area contributed by atoms with Gasteiger partial charge in [0.2, 0.25) is 5.28 Å². The Morgan fingerprint density at radius 3 is 2.59 bits per heavy atom. The van der Waals surface area contributed by atoms with E-state index in [0.717, 1.165) is 0 Å². The normalized spacial score (nSPS) is 25.2. The standard InChI is InChI=1S/C16H23ClN5O9P/c1-16(2,3)31-13(25)14(32(26,27)28)29-4-6-8(23)9(24)12(30-6)22-5-19-7-10(18)20-15(17)21-11(7)22/h5-6,8-9,12,14,23-24H,4H2,1-3H3,(H2,18,20,21)(H2,26,27,28)/t6-,8-,9-,12-,14?/m1/s1. The Labute approximate surface area is 186 Å². The minimum absolute atomic E-state index is 0.00600. The van der Waals surface area contributed by atoms with Crippen LogP contribution in [0.25, 0.3) is 11.2 Å². The zero-order valence-corrected chi connectivity index (χ0v) is 18.8. The molecule has 1 saturated heterocycles. The van der Waals surface area contributed by atoms with E-state index in [0.29, 0.717) is 0 Å². The van der Waals surface area contributed by atoms with Crippen LogP contribution < -0.4 is 5.73 Å². The Morgan fingerprint density at radius 1 is 1.34 bits per heavy atom. The molecule has 0 bridgehead atoms. The average Bonchev–Trinajstić information content (AvgIpc) is 3.15. The molecule has 0 radical (unpaired) electrons. The summed E-state index contributed by atoms with van der Waals surface area (Å²) in [6.07, 6.45) is -4.29. The van der Waals surface area contributed by atoms with Gasteiger partial charge < -0.3 is 39.9 Å². The number of imidazole rings is 1. The quantitative estimate of drug-likeness (QED) is 0.195. The van der Waals surface area contributed by atoms with Gasteiger partial charge in [0.25, 0.3) is 5.85 Å². The lowest BCUT2D eigenvalue weighted by atomic mass is 10.1. The van der Waals surface area contributed by atoms with Crippen LogP contribution >= 0.6 is 19.2 Å². The predicted octanol–water partition coefficient (Wildman–Crippen LogP) is -0.457. The predicted molar refractivity (Wildman–Crippen MR) is 108 cm³/mol. The van der Waals surface area contributed by atoms with Gasteiger partial charge in [-0.05, 0) is 32.4 Å². The highest BCUT2D eigenvalue weighted by Crippen LogP contribution is 2.43. The van der Waals surface area contributed by atoms with E-state index in [2.05, 4.69) is 15.0 Å². The van der Waals surface area contributed by atoms with Crippen molar-refractivity contribution in [3.8, 4) is 0 Å². The Hall–Kier alpha value is -1.90. The summed E-state index contributed by atoms with van der Waals surface area (Å²) < 4.78 is 28.7. The zero-order valence-electron chi connectivity index (χ0n) is 17.2. The van der Waals surface area contributed by atoms with Crippen LogP contribution in [0.4, 0.5) is 5.82 Å². The first-order valence-electron chi connectivity index (χ1n) is 9.26. The van der Waals surface area contributed by atoms with E-state index >= 15 is 0 Å². The summed E-state index contributed by atoms with van der Waals surface area (Å²) in [6, 6.07) is 0. The smallest absolute Gasteiger partial charge is 0.365 e. The summed E-state index contributed by atoms with van der Waals surface area (Å²) in [7, 11) is -5.07. The number of ether oxygens (including phenoxy) is 3. The number of nitrogen functional groups attached to an aromatic ring is 1. The molecule has 2 aromatic rings. The second-order valence-electron chi connectivity index (χ2n) is 8.06. The van der Waals surface area contributed by atoms with Crippen LogP contribution in [-0.2, 0) is 23.6 Å². The summed E-state index contributed by atoms with van der Waals surface area (Å²) >= 11 is 5.82. The van der Waals surface area contributed by atoms with Crippen molar-refractivity contribution in [2.75, 3.05) is 12.3 Å². The molecule has 3 heterocycles. The number of fused-ring (bicyclic) bond motifs is 1. The lowest BCUT2D eigenvalue weighted by Gasteiger charge is -2.25. The van der Waals surface area contributed by atoms with Gasteiger partial charge in [0.1, 0.15) is 29.4 Å². The molecule has 0 amide bonds. The van der Waals surface area contributed by atoms with E-state index < -0.39 is 56.2 Å². The van der Waals surface area contributed by atoms with E-state index in [1.54, 1.807) is 0 Å². The topological polar surface area (TPSA) is 212 Å². The van der Waals surface area contributed by atoms with Crippen LogP contribution in [0.5, 0.6) is 0 Å². The Bertz CT molecular complexity index is 1050. The van der Waals surface area contributed by atoms with E-state index in [4.69, 9.17) is 31.5 Å². The van der Waals surface area contributed by atoms with Gasteiger partial charge in [-0.25, -0.2) is 9.78 Å². The summed E-state index contributed by atoms with van der Waals surface area (Å²) in [4.78, 5) is 43.0. The molecule has 0 saturated carbocycles. The fourth-order valence-corrected chi connectivity index (χ4v) is 3.81. The third-order valence-electron chi connectivity index (χ3n) is 4.36. The molecule has 1 aliphatic heterocycles. The average molecular weight is 496 g/mol. The third-order valence-corrected chi connectivity index (χ3v) is 5.50. The largest absolute Gasteiger partial charge is 0.458 e. The number of carbonyl (C=O) groups is 1. The minimum atomic E-state index is -5.07. The highest BCUT2D eigenvalue weighted by molar-refractivity contribution is 7.53. The number of rotatable bonds is 6. The summed E-state index contributed by atoms with van der Waals surface area (Å²) in [5, 5.41) is 20.6. The molecule has 2 aromatic heterocycles. The van der Waals surface area contributed by atoms with Gasteiger partial charge in [-0.2, -0.15) is 9.97 Å². The molecule has 1 aliphatic rings. The molecule has 3 rings (SSSR count). The third kappa shape index (κ3) is 5.18. The van der Waals surface area contributed by atoms with Crippen molar-refractivity contribution >= 4 is 42.1 Å². The van der Waals surface area contributed by atoms with Gasteiger partial charge in [0, 0.05) is 0 Å². The van der Waals surface area contributed by atoms with Crippen molar-refractivity contribution in [1.29, 1.82) is 0 Å². The number of aromatic nitrogens is 4. The van der Waals surface area contributed by atoms with Crippen LogP contribution in [0.15, 0.2) is 6.33 Å². The van der Waals surface area contributed by atoms with Gasteiger partial charge in [0.15, 0.2) is 17.7 Å². The molecule has 32 heavy (non-hydrogen) atoms. The van der Waals surface area contributed by atoms with Crippen molar-refractivity contribution in [2.45, 2.75) is 56.8 Å². The zero-order chi connectivity index (χ0) is 24.0. The Balaban J connectivity index is 1.78. The number of hydrogen-bond acceptors (Lipinski definition) is 11. The van der Waals surface area contributed by atoms with Gasteiger partial charge in [-0.3, -0.25) is 9.13 Å². The Kier molecular flexibility index (Phi) is 6.80. The number of nitrogens with two attached hydrogens (primary N) is 1. The van der Waals surface area contributed by atoms with Crippen LogP contribution in [0, 0.1) is 0 Å². The number of hydrogen-bond donors (Lipinski definition) is 5. The number of aliphatic hydroxyl groups excluding tert-OH is 2. The van der Waals surface area contributed by atoms with Crippen molar-refractivity contribution < 1.29 is 43.6 Å². The molecular formula is C16H23ClN5O9P. The van der Waals surface area contributed by atoms with Crippen LogP contribution in [-0.4, -0.2) is 81.9 Å². The fraction of sp³-hybridized carbons (Fsp3) is 0.625. The summed E-state index contributed by atoms with van der Waals surface area (Å²) in [6.45, 7) is 3.91. The second-order valence-corrected chi connectivity index (χ2v) is 10.0. The molecule has 6 N–H and O–H groups in total. The number of esters is 1. The minimum Gasteiger partial charge on any atom is -0.458 e. The molecule has 1 unspecified atom stereocenters. The molecular weight excluding hydrogens is 473 g/mol. The maximum atomic E-state index is 12.2. The molecule has 14 nitrogen and oxygen atoms in total. The van der Waals surface area contributed by atoms with Crippen molar-refractivity contribution in [1.82, 2.24) is 19.5 Å². The second kappa shape index (κ2) is 8.80. The SMILES string of the molecule is CC(C)(C)OC(=O)C(OC[C@H]1O[C@@H](n2cnc3c(N)nc(Cl)nc32)[C@H](O)[C@@H]1O)P(=O)(O)O. The number of carbonyl (C=O) groups excluding carboxylic acids is 1. The van der Waals surface area contributed by atoms with E-state index in [-0.39, 0.29) is 22.3 Å². The molecule has 0 aliphatic carbocycles. The van der Waals surface area contributed by atoms with Gasteiger partial charge >= 0.3 is 13.6 Å². The summed E-state index contributed by atoms with van der Waals surface area (Å²) in [5.41, 5.74) is 5.04. The number of aliphatic hydroxyl groups is 2. The lowest BCUT2D eigenvalue weighted by Crippen LogP contribution is -2.38. The summed E-state index contributed by atoms with van der Waals surface area (Å²) in [5.74, 6) is -3.53. The van der Waals surface area contributed by atoms with Gasteiger partial charge in [-0.15, -0.1) is 0 Å². The monoisotopic (exact) mass is 495 g/mol. The fourth-order valence-electron chi connectivity index (χ4n) is 3.03. The molecule has 0 aromatic carbocycles. The Morgan fingerprint density at radius 2 is 2.00 bits per heavy atom. The molecule has 5 atom stereocenters. The maximum absolute atomic E-state index is 12.2. The van der Waals surface area contributed by atoms with Gasteiger partial charge in [-0.1, -0.05) is 0 Å². The van der Waals surface area contributed by atoms with E-state index in [1.165, 1.54) is 31.7 Å². The van der Waals surface area contributed by atoms with Crippen molar-refractivity contribution in [2.24, 2.45) is 0 Å². The molecule has 0 spiro atoms. The van der Waals surface area contributed by atoms with Crippen LogP contribution in [0.2, 0.25) is 5.28 Å². The van der Waals surface area contributed by atoms with Gasteiger partial charge in [0.05, 0.1) is 12.9 Å². The molecule has 1 fully saturated rings.